The van der Waals surface area contributed by atoms with Crippen molar-refractivity contribution in [1.29, 1.82) is 0 Å². The number of esters is 1. The average molecular weight is 400 g/mol. The molecule has 4 rings (SSSR count). The lowest BCUT2D eigenvalue weighted by Crippen LogP contribution is -2.51. The third-order valence-corrected chi connectivity index (χ3v) is 4.84. The number of nitrogens with one attached hydrogen (secondary N) is 1. The number of carbonyl (C=O) groups is 3. The van der Waals surface area contributed by atoms with E-state index in [2.05, 4.69) is 5.32 Å². The number of nitrogens with zero attached hydrogens (tertiary/aromatic N) is 1. The Labute approximate surface area is 174 Å². The van der Waals surface area contributed by atoms with Gasteiger partial charge in [-0.05, 0) is 43.3 Å². The summed E-state index contributed by atoms with van der Waals surface area (Å²) >= 11 is 0. The Bertz CT molecular complexity index is 1110. The normalized spacial score (nSPS) is 15.2. The van der Waals surface area contributed by atoms with Crippen molar-refractivity contribution in [3.05, 3.63) is 90.0 Å². The number of benzene rings is 3. The fourth-order valence-corrected chi connectivity index (χ4v) is 3.44. The van der Waals surface area contributed by atoms with E-state index in [1.807, 2.05) is 19.1 Å². The fraction of sp³-hybridized carbons (Fsp3) is 0.125. The SMILES string of the molecule is Cc1cccc(C(=O)N2c3ccccc3OC(=O)[C@H]2CC(=O)Nc2ccccc2)c1. The minimum Gasteiger partial charge on any atom is -0.423 e. The van der Waals surface area contributed by atoms with Crippen molar-refractivity contribution in [1.82, 2.24) is 0 Å². The predicted octanol–water partition coefficient (Wildman–Crippen LogP) is 3.96. The van der Waals surface area contributed by atoms with Crippen molar-refractivity contribution in [2.45, 2.75) is 19.4 Å². The van der Waals surface area contributed by atoms with E-state index < -0.39 is 12.0 Å². The van der Waals surface area contributed by atoms with Crippen molar-refractivity contribution in [3.8, 4) is 5.75 Å². The molecule has 1 N–H and O–H groups in total. The molecule has 3 aromatic carbocycles. The molecule has 0 unspecified atom stereocenters. The maximum atomic E-state index is 13.4. The summed E-state index contributed by atoms with van der Waals surface area (Å²) in [5.41, 5.74) is 2.44. The van der Waals surface area contributed by atoms with Crippen molar-refractivity contribution in [2.24, 2.45) is 0 Å². The zero-order valence-electron chi connectivity index (χ0n) is 16.4. The smallest absolute Gasteiger partial charge is 0.335 e. The van der Waals surface area contributed by atoms with Gasteiger partial charge < -0.3 is 10.1 Å². The molecule has 1 aliphatic rings. The average Bonchev–Trinajstić information content (AvgIpc) is 2.74. The van der Waals surface area contributed by atoms with Crippen molar-refractivity contribution in [2.75, 3.05) is 10.2 Å². The molecule has 0 fully saturated rings. The first-order valence-electron chi connectivity index (χ1n) is 9.59. The van der Waals surface area contributed by atoms with E-state index in [1.165, 1.54) is 4.90 Å². The van der Waals surface area contributed by atoms with Crippen molar-refractivity contribution in [3.63, 3.8) is 0 Å². The Morgan fingerprint density at radius 3 is 2.47 bits per heavy atom. The number of anilines is 2. The molecule has 1 heterocycles. The minimum absolute atomic E-state index is 0.223. The van der Waals surface area contributed by atoms with E-state index in [0.717, 1.165) is 5.56 Å². The van der Waals surface area contributed by atoms with Gasteiger partial charge in [-0.1, -0.05) is 48.0 Å². The molecule has 1 aliphatic heterocycles. The highest BCUT2D eigenvalue weighted by atomic mass is 16.5. The number of carbonyl (C=O) groups excluding carboxylic acids is 3. The quantitative estimate of drug-likeness (QED) is 0.531. The Morgan fingerprint density at radius 2 is 1.70 bits per heavy atom. The van der Waals surface area contributed by atoms with E-state index in [-0.39, 0.29) is 18.2 Å². The molecule has 0 bridgehead atoms. The maximum absolute atomic E-state index is 13.4. The van der Waals surface area contributed by atoms with Crippen LogP contribution in [-0.2, 0) is 9.59 Å². The zero-order chi connectivity index (χ0) is 21.1. The molecule has 0 aromatic heterocycles. The second kappa shape index (κ2) is 8.21. The molecule has 0 aliphatic carbocycles. The van der Waals surface area contributed by atoms with Crippen LogP contribution in [0.1, 0.15) is 22.3 Å². The largest absolute Gasteiger partial charge is 0.423 e. The number of fused-ring (bicyclic) bond motifs is 1. The molecule has 2 amide bonds. The van der Waals surface area contributed by atoms with Gasteiger partial charge in [0.2, 0.25) is 5.91 Å². The topological polar surface area (TPSA) is 75.7 Å². The first-order chi connectivity index (χ1) is 14.5. The van der Waals surface area contributed by atoms with Gasteiger partial charge in [0, 0.05) is 11.3 Å². The summed E-state index contributed by atoms with van der Waals surface area (Å²) in [4.78, 5) is 40.2. The molecule has 150 valence electrons. The number of rotatable bonds is 4. The van der Waals surface area contributed by atoms with Gasteiger partial charge in [0.15, 0.2) is 5.75 Å². The third-order valence-electron chi connectivity index (χ3n) is 4.84. The Balaban J connectivity index is 1.67. The van der Waals surface area contributed by atoms with E-state index in [4.69, 9.17) is 4.74 Å². The monoisotopic (exact) mass is 400 g/mol. The number of hydrogen-bond donors (Lipinski definition) is 1. The molecule has 6 nitrogen and oxygen atoms in total. The number of hydrogen-bond acceptors (Lipinski definition) is 4. The zero-order valence-corrected chi connectivity index (χ0v) is 16.4. The van der Waals surface area contributed by atoms with Crippen molar-refractivity contribution < 1.29 is 19.1 Å². The van der Waals surface area contributed by atoms with Gasteiger partial charge in [-0.2, -0.15) is 0 Å². The van der Waals surface area contributed by atoms with Crippen LogP contribution in [0.4, 0.5) is 11.4 Å². The minimum atomic E-state index is -1.07. The van der Waals surface area contributed by atoms with Crippen LogP contribution >= 0.6 is 0 Å². The standard InChI is InChI=1S/C24H20N2O4/c1-16-8-7-9-17(14-16)23(28)26-19-12-5-6-13-21(19)30-24(29)20(26)15-22(27)25-18-10-3-2-4-11-18/h2-14,20H,15H2,1H3,(H,25,27)/t20-/m1/s1. The lowest BCUT2D eigenvalue weighted by molar-refractivity contribution is -0.138. The molecule has 0 spiro atoms. The van der Waals surface area contributed by atoms with Gasteiger partial charge in [0.05, 0.1) is 12.1 Å². The van der Waals surface area contributed by atoms with Gasteiger partial charge in [-0.25, -0.2) is 4.79 Å². The van der Waals surface area contributed by atoms with Crippen LogP contribution in [0.25, 0.3) is 0 Å². The summed E-state index contributed by atoms with van der Waals surface area (Å²) in [6, 6.07) is 21.8. The lowest BCUT2D eigenvalue weighted by atomic mass is 10.0. The van der Waals surface area contributed by atoms with Crippen LogP contribution in [0.5, 0.6) is 5.75 Å². The maximum Gasteiger partial charge on any atom is 0.335 e. The first kappa shape index (κ1) is 19.4. The van der Waals surface area contributed by atoms with Crippen LogP contribution < -0.4 is 15.0 Å². The van der Waals surface area contributed by atoms with E-state index in [9.17, 15) is 14.4 Å². The highest BCUT2D eigenvalue weighted by Crippen LogP contribution is 2.36. The van der Waals surface area contributed by atoms with Crippen LogP contribution in [0.15, 0.2) is 78.9 Å². The Kier molecular flexibility index (Phi) is 5.30. The van der Waals surface area contributed by atoms with Crippen LogP contribution in [0.2, 0.25) is 0 Å². The van der Waals surface area contributed by atoms with Crippen LogP contribution in [0, 0.1) is 6.92 Å². The summed E-state index contributed by atoms with van der Waals surface area (Å²) in [5.74, 6) is -1.09. The molecule has 1 atom stereocenters. The van der Waals surface area contributed by atoms with Gasteiger partial charge in [0.25, 0.3) is 5.91 Å². The van der Waals surface area contributed by atoms with E-state index in [0.29, 0.717) is 22.7 Å². The van der Waals surface area contributed by atoms with Gasteiger partial charge >= 0.3 is 5.97 Å². The number of ether oxygens (including phenoxy) is 1. The van der Waals surface area contributed by atoms with E-state index in [1.54, 1.807) is 66.7 Å². The number of amides is 2. The Morgan fingerprint density at radius 1 is 0.967 bits per heavy atom. The highest BCUT2D eigenvalue weighted by molar-refractivity contribution is 6.13. The fourth-order valence-electron chi connectivity index (χ4n) is 3.44. The summed E-state index contributed by atoms with van der Waals surface area (Å²) in [5, 5.41) is 2.76. The molecule has 0 radical (unpaired) electrons. The van der Waals surface area contributed by atoms with Crippen molar-refractivity contribution >= 4 is 29.2 Å². The van der Waals surface area contributed by atoms with Gasteiger partial charge in [-0.15, -0.1) is 0 Å². The molecule has 3 aromatic rings. The number of para-hydroxylation sites is 3. The third kappa shape index (κ3) is 3.93. The van der Waals surface area contributed by atoms with Crippen LogP contribution in [-0.4, -0.2) is 23.8 Å². The summed E-state index contributed by atoms with van der Waals surface area (Å²) < 4.78 is 5.42. The molecule has 30 heavy (non-hydrogen) atoms. The second-order valence-electron chi connectivity index (χ2n) is 7.07. The second-order valence-corrected chi connectivity index (χ2v) is 7.07. The van der Waals surface area contributed by atoms with E-state index >= 15 is 0 Å². The predicted molar refractivity (Wildman–Crippen MR) is 114 cm³/mol. The molecule has 0 saturated carbocycles. The van der Waals surface area contributed by atoms with Gasteiger partial charge in [-0.3, -0.25) is 14.5 Å². The first-order valence-corrected chi connectivity index (χ1v) is 9.59. The lowest BCUT2D eigenvalue weighted by Gasteiger charge is -2.35. The molecule has 0 saturated heterocycles. The molecular weight excluding hydrogens is 380 g/mol. The summed E-state index contributed by atoms with van der Waals surface area (Å²) in [7, 11) is 0. The highest BCUT2D eigenvalue weighted by Gasteiger charge is 2.40. The number of aryl methyl sites for hydroxylation is 1. The Hall–Kier alpha value is -3.93. The molecule has 6 heteroatoms. The molecular formula is C24H20N2O4. The van der Waals surface area contributed by atoms with Crippen LogP contribution in [0.3, 0.4) is 0 Å². The summed E-state index contributed by atoms with van der Waals surface area (Å²) in [6.07, 6.45) is -0.223. The summed E-state index contributed by atoms with van der Waals surface area (Å²) in [6.45, 7) is 1.89. The van der Waals surface area contributed by atoms with Gasteiger partial charge in [0.1, 0.15) is 6.04 Å².